The molecule has 2 aromatic carbocycles. The van der Waals surface area contributed by atoms with Crippen molar-refractivity contribution < 1.29 is 26.0 Å². The van der Waals surface area contributed by atoms with Gasteiger partial charge < -0.3 is 4.57 Å². The Bertz CT molecular complexity index is 1220. The Morgan fingerprint density at radius 2 is 1.81 bits per heavy atom. The van der Waals surface area contributed by atoms with Gasteiger partial charge in [-0.15, -0.1) is 10.2 Å². The van der Waals surface area contributed by atoms with Crippen molar-refractivity contribution >= 4 is 15.7 Å². The van der Waals surface area contributed by atoms with E-state index in [0.717, 1.165) is 55.8 Å². The molecule has 1 aliphatic heterocycles. The Balaban J connectivity index is 1.68. The number of nitrogens with zero attached hydrogens (tertiary/aromatic N) is 3. The first-order valence-corrected chi connectivity index (χ1v) is 11.1. The largest absolute Gasteiger partial charge is 0.416 e. The van der Waals surface area contributed by atoms with Gasteiger partial charge in [0, 0.05) is 18.7 Å². The molecular formula is C20H18F4N4O2S. The molecule has 31 heavy (non-hydrogen) atoms. The summed E-state index contributed by atoms with van der Waals surface area (Å²) in [5.74, 6) is 0.415. The number of nitrogens with one attached hydrogen (secondary N) is 1. The second-order valence-electron chi connectivity index (χ2n) is 7.23. The summed E-state index contributed by atoms with van der Waals surface area (Å²) < 4.78 is 82.7. The van der Waals surface area contributed by atoms with Crippen LogP contribution in [-0.2, 0) is 29.2 Å². The number of benzene rings is 2. The third kappa shape index (κ3) is 4.41. The summed E-state index contributed by atoms with van der Waals surface area (Å²) in [6, 6.07) is 6.95. The van der Waals surface area contributed by atoms with Crippen LogP contribution in [0, 0.1) is 5.82 Å². The molecule has 2 heterocycles. The van der Waals surface area contributed by atoms with Crippen LogP contribution in [0.15, 0.2) is 47.4 Å². The number of rotatable bonds is 4. The molecule has 1 aromatic heterocycles. The summed E-state index contributed by atoms with van der Waals surface area (Å²) in [6.45, 7) is 0.622. The summed E-state index contributed by atoms with van der Waals surface area (Å²) in [4.78, 5) is -0.551. The van der Waals surface area contributed by atoms with E-state index >= 15 is 0 Å². The Labute approximate surface area is 176 Å². The lowest BCUT2D eigenvalue weighted by Crippen LogP contribution is -2.15. The highest BCUT2D eigenvalue weighted by Crippen LogP contribution is 2.32. The number of hydrogen-bond acceptors (Lipinski definition) is 4. The third-order valence-corrected chi connectivity index (χ3v) is 6.42. The molecule has 0 aliphatic carbocycles. The maximum absolute atomic E-state index is 14.6. The monoisotopic (exact) mass is 454 g/mol. The second kappa shape index (κ2) is 7.95. The highest BCUT2D eigenvalue weighted by atomic mass is 32.2. The van der Waals surface area contributed by atoms with Crippen LogP contribution in [0.3, 0.4) is 0 Å². The fraction of sp³-hybridized carbons (Fsp3) is 0.300. The average Bonchev–Trinajstić information content (AvgIpc) is 2.96. The lowest BCUT2D eigenvalue weighted by atomic mass is 10.1. The molecule has 6 nitrogen and oxygen atoms in total. The fourth-order valence-corrected chi connectivity index (χ4v) is 4.59. The molecule has 0 unspecified atom stereocenters. The zero-order valence-corrected chi connectivity index (χ0v) is 17.0. The SMILES string of the molecule is O=S(=O)(Nc1ccc(F)c(-c2nnc3n2CCCCC3)c1)c1cccc(C(F)(F)F)c1. The van der Waals surface area contributed by atoms with Gasteiger partial charge in [-0.3, -0.25) is 4.72 Å². The maximum atomic E-state index is 14.6. The van der Waals surface area contributed by atoms with Crippen LogP contribution in [-0.4, -0.2) is 23.2 Å². The van der Waals surface area contributed by atoms with Crippen molar-refractivity contribution in [3.8, 4) is 11.4 Å². The molecule has 11 heteroatoms. The Morgan fingerprint density at radius 1 is 1.00 bits per heavy atom. The normalized spacial score (nSPS) is 14.7. The molecule has 1 aliphatic rings. The quantitative estimate of drug-likeness (QED) is 0.583. The van der Waals surface area contributed by atoms with E-state index in [1.54, 1.807) is 0 Å². The summed E-state index contributed by atoms with van der Waals surface area (Å²) in [7, 11) is -4.33. The molecule has 0 saturated heterocycles. The van der Waals surface area contributed by atoms with Crippen LogP contribution in [0.1, 0.15) is 30.7 Å². The predicted octanol–water partition coefficient (Wildman–Crippen LogP) is 4.63. The number of aryl methyl sites for hydroxylation is 1. The fourth-order valence-electron chi connectivity index (χ4n) is 3.50. The second-order valence-corrected chi connectivity index (χ2v) is 8.91. The molecule has 0 bridgehead atoms. The van der Waals surface area contributed by atoms with Gasteiger partial charge in [0.1, 0.15) is 11.6 Å². The van der Waals surface area contributed by atoms with E-state index in [0.29, 0.717) is 12.6 Å². The smallest absolute Gasteiger partial charge is 0.311 e. The van der Waals surface area contributed by atoms with Crippen LogP contribution in [0.4, 0.5) is 23.2 Å². The number of anilines is 1. The van der Waals surface area contributed by atoms with Gasteiger partial charge >= 0.3 is 6.18 Å². The molecule has 0 atom stereocenters. The summed E-state index contributed by atoms with van der Waals surface area (Å²) >= 11 is 0. The standard InChI is InChI=1S/C20H18F4N4O2S/c21-17-9-8-14(12-16(17)19-26-25-18-7-2-1-3-10-28(18)19)27-31(29,30)15-6-4-5-13(11-15)20(22,23)24/h4-6,8-9,11-12,27H,1-3,7,10H2. The predicted molar refractivity (Wildman–Crippen MR) is 105 cm³/mol. The van der Waals surface area contributed by atoms with E-state index < -0.39 is 32.5 Å². The van der Waals surface area contributed by atoms with E-state index in [9.17, 15) is 26.0 Å². The van der Waals surface area contributed by atoms with Crippen molar-refractivity contribution in [3.05, 3.63) is 59.7 Å². The van der Waals surface area contributed by atoms with Crippen LogP contribution >= 0.6 is 0 Å². The van der Waals surface area contributed by atoms with Gasteiger partial charge in [0.05, 0.1) is 16.0 Å². The van der Waals surface area contributed by atoms with Crippen molar-refractivity contribution in [2.45, 2.75) is 43.3 Å². The van der Waals surface area contributed by atoms with E-state index in [2.05, 4.69) is 14.9 Å². The minimum atomic E-state index is -4.68. The first-order valence-electron chi connectivity index (χ1n) is 9.57. The van der Waals surface area contributed by atoms with Crippen LogP contribution in [0.5, 0.6) is 0 Å². The van der Waals surface area contributed by atoms with E-state index in [1.165, 1.54) is 12.1 Å². The molecule has 0 amide bonds. The van der Waals surface area contributed by atoms with Gasteiger partial charge in [-0.05, 0) is 49.2 Å². The van der Waals surface area contributed by atoms with Crippen LogP contribution in [0.25, 0.3) is 11.4 Å². The van der Waals surface area contributed by atoms with Crippen molar-refractivity contribution in [1.82, 2.24) is 14.8 Å². The van der Waals surface area contributed by atoms with Crippen molar-refractivity contribution in [2.24, 2.45) is 0 Å². The zero-order valence-electron chi connectivity index (χ0n) is 16.2. The van der Waals surface area contributed by atoms with Gasteiger partial charge in [-0.2, -0.15) is 13.2 Å². The summed E-state index contributed by atoms with van der Waals surface area (Å²) in [6.07, 6.45) is -1.10. The Hall–Kier alpha value is -2.95. The first-order chi connectivity index (χ1) is 14.6. The van der Waals surface area contributed by atoms with E-state index in [-0.39, 0.29) is 17.1 Å². The third-order valence-electron chi connectivity index (χ3n) is 5.04. The highest BCUT2D eigenvalue weighted by Gasteiger charge is 2.31. The Kier molecular flexibility index (Phi) is 5.46. The number of hydrogen-bond donors (Lipinski definition) is 1. The maximum Gasteiger partial charge on any atom is 0.416 e. The molecule has 0 spiro atoms. The number of fused-ring (bicyclic) bond motifs is 1. The average molecular weight is 454 g/mol. The van der Waals surface area contributed by atoms with Crippen molar-refractivity contribution in [1.29, 1.82) is 0 Å². The summed E-state index contributed by atoms with van der Waals surface area (Å²) in [5, 5.41) is 8.20. The van der Waals surface area contributed by atoms with Gasteiger partial charge in [0.25, 0.3) is 10.0 Å². The molecule has 4 rings (SSSR count). The number of aromatic nitrogens is 3. The minimum absolute atomic E-state index is 0.000200. The van der Waals surface area contributed by atoms with Crippen LogP contribution < -0.4 is 4.72 Å². The molecule has 1 N–H and O–H groups in total. The topological polar surface area (TPSA) is 76.9 Å². The molecule has 164 valence electrons. The molecule has 3 aromatic rings. The molecule has 0 saturated carbocycles. The van der Waals surface area contributed by atoms with Crippen molar-refractivity contribution in [2.75, 3.05) is 4.72 Å². The number of alkyl halides is 3. The van der Waals surface area contributed by atoms with E-state index in [4.69, 9.17) is 0 Å². The van der Waals surface area contributed by atoms with Crippen LogP contribution in [0.2, 0.25) is 0 Å². The van der Waals surface area contributed by atoms with Gasteiger partial charge in [-0.25, -0.2) is 12.8 Å². The number of sulfonamides is 1. The summed E-state index contributed by atoms with van der Waals surface area (Å²) in [5.41, 5.74) is -1.02. The highest BCUT2D eigenvalue weighted by molar-refractivity contribution is 7.92. The lowest BCUT2D eigenvalue weighted by Gasteiger charge is -2.13. The molecule has 0 radical (unpaired) electrons. The Morgan fingerprint density at radius 3 is 2.58 bits per heavy atom. The lowest BCUT2D eigenvalue weighted by molar-refractivity contribution is -0.137. The van der Waals surface area contributed by atoms with E-state index in [1.807, 2.05) is 4.57 Å². The molecule has 0 fully saturated rings. The number of halogens is 4. The van der Waals surface area contributed by atoms with Gasteiger partial charge in [0.15, 0.2) is 5.82 Å². The first kappa shape index (κ1) is 21.3. The zero-order chi connectivity index (χ0) is 22.2. The van der Waals surface area contributed by atoms with Gasteiger partial charge in [-0.1, -0.05) is 12.5 Å². The van der Waals surface area contributed by atoms with Gasteiger partial charge in [0.2, 0.25) is 0 Å². The minimum Gasteiger partial charge on any atom is -0.311 e. The van der Waals surface area contributed by atoms with Crippen molar-refractivity contribution in [3.63, 3.8) is 0 Å². The molecular weight excluding hydrogens is 436 g/mol.